The van der Waals surface area contributed by atoms with Crippen molar-refractivity contribution in [2.45, 2.75) is 10.8 Å². The lowest BCUT2D eigenvalue weighted by atomic mass is 9.65. The van der Waals surface area contributed by atoms with Gasteiger partial charge in [-0.25, -0.2) is 0 Å². The Morgan fingerprint density at radius 2 is 0.721 bits per heavy atom. The molecular formula is C66H40N2. The fourth-order valence-electron chi connectivity index (χ4n) is 13.7. The molecule has 0 radical (unpaired) electrons. The monoisotopic (exact) mass is 860 g/mol. The Kier molecular flexibility index (Phi) is 6.98. The molecule has 11 aromatic carbocycles. The van der Waals surface area contributed by atoms with E-state index in [9.17, 15) is 0 Å². The van der Waals surface area contributed by atoms with Crippen LogP contribution in [-0.4, -0.2) is 4.57 Å². The third-order valence-corrected chi connectivity index (χ3v) is 16.2. The summed E-state index contributed by atoms with van der Waals surface area (Å²) in [4.78, 5) is 2.55. The van der Waals surface area contributed by atoms with Crippen LogP contribution < -0.4 is 4.90 Å². The van der Waals surface area contributed by atoms with Crippen molar-refractivity contribution in [2.75, 3.05) is 4.90 Å². The van der Waals surface area contributed by atoms with Crippen LogP contribution in [0, 0.1) is 0 Å². The molecule has 1 aromatic heterocycles. The Hall–Kier alpha value is -8.72. The first-order valence-corrected chi connectivity index (χ1v) is 23.8. The molecular weight excluding hydrogens is 821 g/mol. The molecule has 314 valence electrons. The molecule has 0 saturated carbocycles. The molecule has 68 heavy (non-hydrogen) atoms. The van der Waals surface area contributed by atoms with Gasteiger partial charge in [-0.05, 0) is 126 Å². The zero-order valence-electron chi connectivity index (χ0n) is 37.0. The molecule has 4 aliphatic rings. The lowest BCUT2D eigenvalue weighted by molar-refractivity contribution is 0.748. The Morgan fingerprint density at radius 1 is 0.294 bits per heavy atom. The van der Waals surface area contributed by atoms with Crippen molar-refractivity contribution in [3.8, 4) is 39.1 Å². The summed E-state index contributed by atoms with van der Waals surface area (Å²) in [7, 11) is 0. The molecule has 2 spiro atoms. The number of rotatable bonds is 3. The minimum absolute atomic E-state index is 0.471. The Morgan fingerprint density at radius 3 is 1.34 bits per heavy atom. The molecule has 0 saturated heterocycles. The van der Waals surface area contributed by atoms with Crippen LogP contribution in [0.5, 0.6) is 0 Å². The van der Waals surface area contributed by atoms with Gasteiger partial charge in [0.25, 0.3) is 0 Å². The summed E-state index contributed by atoms with van der Waals surface area (Å²) in [5.41, 5.74) is 24.5. The van der Waals surface area contributed by atoms with E-state index in [2.05, 4.69) is 252 Å². The summed E-state index contributed by atoms with van der Waals surface area (Å²) in [5, 5.41) is 4.98. The third-order valence-electron chi connectivity index (χ3n) is 16.2. The lowest BCUT2D eigenvalue weighted by Gasteiger charge is -2.40. The van der Waals surface area contributed by atoms with Crippen LogP contribution in [0.15, 0.2) is 243 Å². The number of para-hydroxylation sites is 2. The summed E-state index contributed by atoms with van der Waals surface area (Å²) >= 11 is 0. The van der Waals surface area contributed by atoms with E-state index in [4.69, 9.17) is 0 Å². The highest BCUT2D eigenvalue weighted by atomic mass is 15.1. The maximum absolute atomic E-state index is 2.56. The second kappa shape index (κ2) is 13.0. The van der Waals surface area contributed by atoms with Gasteiger partial charge in [-0.1, -0.05) is 200 Å². The Bertz CT molecular complexity index is 4070. The van der Waals surface area contributed by atoms with E-state index in [0.29, 0.717) is 0 Å². The van der Waals surface area contributed by atoms with Crippen molar-refractivity contribution in [2.24, 2.45) is 0 Å². The zero-order chi connectivity index (χ0) is 44.3. The number of fused-ring (bicyclic) bond motifs is 23. The van der Waals surface area contributed by atoms with Crippen LogP contribution in [0.2, 0.25) is 0 Å². The molecule has 0 unspecified atom stereocenters. The van der Waals surface area contributed by atoms with Crippen LogP contribution in [0.25, 0.3) is 71.6 Å². The van der Waals surface area contributed by atoms with E-state index in [1.165, 1.54) is 116 Å². The molecule has 2 nitrogen and oxygen atoms in total. The van der Waals surface area contributed by atoms with Gasteiger partial charge in [-0.2, -0.15) is 0 Å². The number of nitrogens with zero attached hydrogens (tertiary/aromatic N) is 2. The maximum Gasteiger partial charge on any atom is 0.0755 e. The van der Waals surface area contributed by atoms with E-state index in [0.717, 1.165) is 17.1 Å². The molecule has 0 atom stereocenters. The smallest absolute Gasteiger partial charge is 0.0755 e. The second-order valence-corrected chi connectivity index (χ2v) is 19.0. The Labute approximate surface area is 394 Å². The molecule has 0 amide bonds. The largest absolute Gasteiger partial charge is 0.310 e. The molecule has 2 heterocycles. The zero-order valence-corrected chi connectivity index (χ0v) is 37.0. The summed E-state index contributed by atoms with van der Waals surface area (Å²) in [6, 6.07) is 91.9. The molecule has 2 heteroatoms. The predicted octanol–water partition coefficient (Wildman–Crippen LogP) is 16.4. The van der Waals surface area contributed by atoms with Gasteiger partial charge >= 0.3 is 0 Å². The second-order valence-electron chi connectivity index (χ2n) is 19.0. The number of hydrogen-bond acceptors (Lipinski definition) is 1. The maximum atomic E-state index is 2.56. The van der Waals surface area contributed by atoms with E-state index in [1.807, 2.05) is 0 Å². The summed E-state index contributed by atoms with van der Waals surface area (Å²) in [6.07, 6.45) is 0. The topological polar surface area (TPSA) is 8.17 Å². The first-order chi connectivity index (χ1) is 33.8. The van der Waals surface area contributed by atoms with E-state index < -0.39 is 10.8 Å². The molecule has 0 bridgehead atoms. The lowest BCUT2D eigenvalue weighted by Crippen LogP contribution is -2.33. The van der Waals surface area contributed by atoms with Gasteiger partial charge in [0.1, 0.15) is 0 Å². The van der Waals surface area contributed by atoms with Gasteiger partial charge in [0.15, 0.2) is 0 Å². The van der Waals surface area contributed by atoms with Gasteiger partial charge in [0, 0.05) is 27.5 Å². The Balaban J connectivity index is 1.03. The molecule has 0 fully saturated rings. The molecule has 12 aromatic rings. The molecule has 16 rings (SSSR count). The van der Waals surface area contributed by atoms with Crippen LogP contribution in [0.4, 0.5) is 17.1 Å². The van der Waals surface area contributed by atoms with Crippen molar-refractivity contribution < 1.29 is 0 Å². The first-order valence-electron chi connectivity index (χ1n) is 23.8. The van der Waals surface area contributed by atoms with Gasteiger partial charge in [-0.3, -0.25) is 0 Å². The quantitative estimate of drug-likeness (QED) is 0.172. The van der Waals surface area contributed by atoms with Gasteiger partial charge in [0.05, 0.1) is 33.2 Å². The fourth-order valence-corrected chi connectivity index (χ4v) is 13.7. The molecule has 1 aliphatic heterocycles. The highest BCUT2D eigenvalue weighted by Crippen LogP contribution is 2.65. The average molecular weight is 861 g/mol. The minimum atomic E-state index is -0.576. The summed E-state index contributed by atoms with van der Waals surface area (Å²) in [5.74, 6) is 0. The van der Waals surface area contributed by atoms with Crippen molar-refractivity contribution in [1.29, 1.82) is 0 Å². The van der Waals surface area contributed by atoms with Crippen molar-refractivity contribution in [1.82, 2.24) is 4.57 Å². The normalized spacial score (nSPS) is 14.4. The molecule has 0 N–H and O–H groups in total. The van der Waals surface area contributed by atoms with Gasteiger partial charge in [-0.15, -0.1) is 0 Å². The first kappa shape index (κ1) is 36.5. The minimum Gasteiger partial charge on any atom is -0.310 e. The van der Waals surface area contributed by atoms with Gasteiger partial charge < -0.3 is 9.47 Å². The van der Waals surface area contributed by atoms with Crippen LogP contribution in [-0.2, 0) is 10.8 Å². The van der Waals surface area contributed by atoms with Crippen molar-refractivity contribution in [3.05, 3.63) is 287 Å². The summed E-state index contributed by atoms with van der Waals surface area (Å²) < 4.78 is 2.56. The van der Waals surface area contributed by atoms with E-state index in [-0.39, 0.29) is 0 Å². The highest BCUT2D eigenvalue weighted by Gasteiger charge is 2.53. The van der Waals surface area contributed by atoms with Crippen molar-refractivity contribution in [3.63, 3.8) is 0 Å². The SMILES string of the molecule is c1ccc2c(c1)-c1ccccc1C21c2ccccc2-c2ccc(N(c3ccc4c(c3)C3(c5ccccc5-c5ccccc53)c3cccc5c6ccccc6n-4c35)c3cccc4ccccc34)cc21. The summed E-state index contributed by atoms with van der Waals surface area (Å²) in [6.45, 7) is 0. The number of benzene rings is 11. The highest BCUT2D eigenvalue weighted by molar-refractivity contribution is 6.13. The van der Waals surface area contributed by atoms with E-state index >= 15 is 0 Å². The van der Waals surface area contributed by atoms with Gasteiger partial charge in [0.2, 0.25) is 0 Å². The average Bonchev–Trinajstić information content (AvgIpc) is 4.10. The fraction of sp³-hybridized carbons (Fsp3) is 0.0303. The van der Waals surface area contributed by atoms with Crippen LogP contribution >= 0.6 is 0 Å². The number of anilines is 3. The number of hydrogen-bond donors (Lipinski definition) is 0. The molecule has 3 aliphatic carbocycles. The third kappa shape index (κ3) is 4.26. The van der Waals surface area contributed by atoms with Crippen LogP contribution in [0.3, 0.4) is 0 Å². The van der Waals surface area contributed by atoms with Crippen LogP contribution in [0.1, 0.15) is 44.5 Å². The van der Waals surface area contributed by atoms with E-state index in [1.54, 1.807) is 0 Å². The predicted molar refractivity (Wildman–Crippen MR) is 280 cm³/mol. The number of aromatic nitrogens is 1. The standard InChI is InChI=1S/C66H40N2/c1-2-19-44-41(17-1)18-15-34-61(44)67(42-35-37-50-49-24-7-11-29-55(49)65(59(50)39-42)53-27-9-3-20-45(53)46-21-4-10-28-54(46)65)43-36-38-63-60(40-43)66(56-30-12-5-22-47(56)48-23-6-13-31-57(48)66)58-32-16-26-52-51-25-8-14-33-62(51)68(63)64(52)58/h1-40H. The van der Waals surface area contributed by atoms with Crippen molar-refractivity contribution >= 4 is 49.6 Å².